The fraction of sp³-hybridized carbons (Fsp3) is 0.364. The summed E-state index contributed by atoms with van der Waals surface area (Å²) in [6.45, 7) is 3.46. The van der Waals surface area contributed by atoms with Crippen molar-refractivity contribution in [2.45, 2.75) is 26.3 Å². The number of aryl methyl sites for hydroxylation is 2. The third-order valence-electron chi connectivity index (χ3n) is 4.65. The van der Waals surface area contributed by atoms with Crippen LogP contribution in [-0.2, 0) is 13.0 Å². The van der Waals surface area contributed by atoms with E-state index in [0.29, 0.717) is 12.2 Å². The first-order chi connectivity index (χ1) is 13.5. The van der Waals surface area contributed by atoms with Gasteiger partial charge in [-0.1, -0.05) is 12.1 Å². The van der Waals surface area contributed by atoms with Crippen LogP contribution in [0.15, 0.2) is 36.4 Å². The highest BCUT2D eigenvalue weighted by atomic mass is 16.5. The number of fused-ring (bicyclic) bond motifs is 1. The standard InChI is InChI=1S/C22H28N4O2/c1-15-18(22(27)23-2)10-11-19-21(15)25-20(24-19)9-6-12-28-17-8-5-7-16(13-17)14-26(3)4/h5,7-8,10-11,13H,6,9,12,14H2,1-4H3,(H,23,27)(H,24,25). The number of imidazole rings is 1. The van der Waals surface area contributed by atoms with Crippen LogP contribution in [-0.4, -0.2) is 48.5 Å². The van der Waals surface area contributed by atoms with Crippen LogP contribution in [0, 0.1) is 6.92 Å². The van der Waals surface area contributed by atoms with Crippen LogP contribution in [0.5, 0.6) is 5.75 Å². The quantitative estimate of drug-likeness (QED) is 0.588. The number of hydrogen-bond donors (Lipinski definition) is 2. The highest BCUT2D eigenvalue weighted by molar-refractivity contribution is 5.99. The average Bonchev–Trinajstić information content (AvgIpc) is 3.09. The SMILES string of the molecule is CNC(=O)c1ccc2[nH]c(CCCOc3cccc(CN(C)C)c3)nc2c1C. The summed E-state index contributed by atoms with van der Waals surface area (Å²) in [6.07, 6.45) is 1.65. The van der Waals surface area contributed by atoms with Crippen LogP contribution in [0.2, 0.25) is 0 Å². The number of nitrogens with zero attached hydrogens (tertiary/aromatic N) is 2. The van der Waals surface area contributed by atoms with Crippen molar-refractivity contribution in [3.63, 3.8) is 0 Å². The third-order valence-corrected chi connectivity index (χ3v) is 4.65. The summed E-state index contributed by atoms with van der Waals surface area (Å²) in [5.41, 5.74) is 4.61. The van der Waals surface area contributed by atoms with E-state index < -0.39 is 0 Å². The molecule has 0 aliphatic heterocycles. The van der Waals surface area contributed by atoms with Gasteiger partial charge in [-0.3, -0.25) is 4.79 Å². The Morgan fingerprint density at radius 1 is 1.25 bits per heavy atom. The van der Waals surface area contributed by atoms with Gasteiger partial charge in [0.25, 0.3) is 5.91 Å². The Bertz CT molecular complexity index is 962. The van der Waals surface area contributed by atoms with Crippen molar-refractivity contribution in [1.82, 2.24) is 20.2 Å². The van der Waals surface area contributed by atoms with Crippen LogP contribution >= 0.6 is 0 Å². The lowest BCUT2D eigenvalue weighted by Crippen LogP contribution is -2.18. The molecule has 0 unspecified atom stereocenters. The molecule has 1 heterocycles. The zero-order valence-electron chi connectivity index (χ0n) is 17.0. The molecular weight excluding hydrogens is 352 g/mol. The summed E-state index contributed by atoms with van der Waals surface area (Å²) in [4.78, 5) is 22.1. The molecule has 0 atom stereocenters. The molecule has 0 aliphatic carbocycles. The molecule has 2 aromatic carbocycles. The van der Waals surface area contributed by atoms with Crippen LogP contribution in [0.3, 0.4) is 0 Å². The van der Waals surface area contributed by atoms with Crippen molar-refractivity contribution in [2.75, 3.05) is 27.7 Å². The summed E-state index contributed by atoms with van der Waals surface area (Å²) in [5, 5.41) is 2.67. The van der Waals surface area contributed by atoms with E-state index in [4.69, 9.17) is 4.74 Å². The number of carbonyl (C=O) groups excluding carboxylic acids is 1. The maximum Gasteiger partial charge on any atom is 0.251 e. The van der Waals surface area contributed by atoms with Crippen molar-refractivity contribution in [3.05, 3.63) is 58.9 Å². The van der Waals surface area contributed by atoms with Gasteiger partial charge in [-0.25, -0.2) is 4.98 Å². The first-order valence-corrected chi connectivity index (χ1v) is 9.54. The van der Waals surface area contributed by atoms with E-state index >= 15 is 0 Å². The number of ether oxygens (including phenoxy) is 1. The Hall–Kier alpha value is -2.86. The highest BCUT2D eigenvalue weighted by Crippen LogP contribution is 2.21. The Morgan fingerprint density at radius 2 is 2.07 bits per heavy atom. The number of benzene rings is 2. The first kappa shape index (κ1) is 19.9. The number of nitrogens with one attached hydrogen (secondary N) is 2. The lowest BCUT2D eigenvalue weighted by atomic mass is 10.1. The average molecular weight is 380 g/mol. The molecule has 2 N–H and O–H groups in total. The minimum Gasteiger partial charge on any atom is -0.494 e. The minimum absolute atomic E-state index is 0.0890. The fourth-order valence-corrected chi connectivity index (χ4v) is 3.29. The summed E-state index contributed by atoms with van der Waals surface area (Å²) in [7, 11) is 5.75. The smallest absolute Gasteiger partial charge is 0.251 e. The second-order valence-electron chi connectivity index (χ2n) is 7.23. The van der Waals surface area contributed by atoms with E-state index in [-0.39, 0.29) is 5.91 Å². The van der Waals surface area contributed by atoms with Gasteiger partial charge in [-0.2, -0.15) is 0 Å². The molecule has 0 saturated heterocycles. The Balaban J connectivity index is 1.59. The molecule has 6 heteroatoms. The maximum atomic E-state index is 11.9. The van der Waals surface area contributed by atoms with Crippen molar-refractivity contribution < 1.29 is 9.53 Å². The van der Waals surface area contributed by atoms with Crippen molar-refractivity contribution in [3.8, 4) is 5.75 Å². The van der Waals surface area contributed by atoms with E-state index in [0.717, 1.165) is 47.6 Å². The molecular formula is C22H28N4O2. The molecule has 0 spiro atoms. The van der Waals surface area contributed by atoms with Gasteiger partial charge in [0.05, 0.1) is 17.6 Å². The fourth-order valence-electron chi connectivity index (χ4n) is 3.29. The van der Waals surface area contributed by atoms with E-state index in [1.807, 2.05) is 31.2 Å². The van der Waals surface area contributed by atoms with E-state index in [9.17, 15) is 4.79 Å². The molecule has 0 bridgehead atoms. The molecule has 0 aliphatic rings. The van der Waals surface area contributed by atoms with Gasteiger partial charge in [0, 0.05) is 25.6 Å². The number of carbonyl (C=O) groups is 1. The number of rotatable bonds is 8. The minimum atomic E-state index is -0.0890. The summed E-state index contributed by atoms with van der Waals surface area (Å²) < 4.78 is 5.90. The maximum absolute atomic E-state index is 11.9. The highest BCUT2D eigenvalue weighted by Gasteiger charge is 2.13. The molecule has 0 saturated carbocycles. The summed E-state index contributed by atoms with van der Waals surface area (Å²) in [5.74, 6) is 1.72. The van der Waals surface area contributed by atoms with Crippen LogP contribution in [0.1, 0.15) is 33.7 Å². The first-order valence-electron chi connectivity index (χ1n) is 9.54. The number of hydrogen-bond acceptors (Lipinski definition) is 4. The molecule has 28 heavy (non-hydrogen) atoms. The molecule has 3 aromatic rings. The van der Waals surface area contributed by atoms with Crippen LogP contribution in [0.4, 0.5) is 0 Å². The van der Waals surface area contributed by atoms with Crippen LogP contribution in [0.25, 0.3) is 11.0 Å². The largest absolute Gasteiger partial charge is 0.494 e. The molecule has 0 radical (unpaired) electrons. The van der Waals surface area contributed by atoms with E-state index in [1.165, 1.54) is 5.56 Å². The molecule has 1 aromatic heterocycles. The number of aromatic nitrogens is 2. The number of H-pyrrole nitrogens is 1. The van der Waals surface area contributed by atoms with Crippen molar-refractivity contribution in [1.29, 1.82) is 0 Å². The molecule has 148 valence electrons. The Morgan fingerprint density at radius 3 is 2.82 bits per heavy atom. The Kier molecular flexibility index (Phi) is 6.31. The van der Waals surface area contributed by atoms with E-state index in [1.54, 1.807) is 7.05 Å². The zero-order chi connectivity index (χ0) is 20.1. The predicted octanol–water partition coefficient (Wildman–Crippen LogP) is 3.30. The number of amides is 1. The van der Waals surface area contributed by atoms with Gasteiger partial charge in [0.15, 0.2) is 0 Å². The molecule has 6 nitrogen and oxygen atoms in total. The topological polar surface area (TPSA) is 70.2 Å². The molecule has 0 fully saturated rings. The lowest BCUT2D eigenvalue weighted by molar-refractivity contribution is 0.0962. The summed E-state index contributed by atoms with van der Waals surface area (Å²) >= 11 is 0. The Labute approximate surface area is 165 Å². The van der Waals surface area contributed by atoms with Gasteiger partial charge >= 0.3 is 0 Å². The van der Waals surface area contributed by atoms with Crippen molar-refractivity contribution >= 4 is 16.9 Å². The second-order valence-corrected chi connectivity index (χ2v) is 7.23. The lowest BCUT2D eigenvalue weighted by Gasteiger charge is -2.11. The zero-order valence-corrected chi connectivity index (χ0v) is 17.0. The van der Waals surface area contributed by atoms with Gasteiger partial charge in [0.2, 0.25) is 0 Å². The normalized spacial score (nSPS) is 11.2. The van der Waals surface area contributed by atoms with Gasteiger partial charge in [-0.15, -0.1) is 0 Å². The van der Waals surface area contributed by atoms with Crippen molar-refractivity contribution in [2.24, 2.45) is 0 Å². The van der Waals surface area contributed by atoms with E-state index in [2.05, 4.69) is 46.4 Å². The van der Waals surface area contributed by atoms with Gasteiger partial charge in [0.1, 0.15) is 11.6 Å². The predicted molar refractivity (Wildman–Crippen MR) is 112 cm³/mol. The second kappa shape index (κ2) is 8.89. The van der Waals surface area contributed by atoms with Gasteiger partial charge in [-0.05, 0) is 62.8 Å². The molecule has 1 amide bonds. The monoisotopic (exact) mass is 380 g/mol. The summed E-state index contributed by atoms with van der Waals surface area (Å²) in [6, 6.07) is 12.0. The third kappa shape index (κ3) is 4.70. The van der Waals surface area contributed by atoms with Gasteiger partial charge < -0.3 is 19.9 Å². The van der Waals surface area contributed by atoms with Crippen LogP contribution < -0.4 is 10.1 Å². The molecule has 3 rings (SSSR count). The number of aromatic amines is 1.